The fourth-order valence-electron chi connectivity index (χ4n) is 3.21. The predicted octanol–water partition coefficient (Wildman–Crippen LogP) is 4.13. The van der Waals surface area contributed by atoms with Crippen molar-refractivity contribution in [3.63, 3.8) is 0 Å². The van der Waals surface area contributed by atoms with Crippen LogP contribution in [0.3, 0.4) is 0 Å². The van der Waals surface area contributed by atoms with Crippen LogP contribution >= 0.6 is 0 Å². The number of unbranched alkanes of at least 4 members (excludes halogenated alkanes) is 3. The Balaban J connectivity index is 3.07. The van der Waals surface area contributed by atoms with Crippen molar-refractivity contribution in [2.75, 3.05) is 0 Å². The topological polar surface area (TPSA) is 43.4 Å². The van der Waals surface area contributed by atoms with Gasteiger partial charge in [0.15, 0.2) is 0 Å². The van der Waals surface area contributed by atoms with Crippen LogP contribution in [0.25, 0.3) is 0 Å². The Morgan fingerprint density at radius 2 is 1.33 bits per heavy atom. The van der Waals surface area contributed by atoms with E-state index in [4.69, 9.17) is 4.74 Å². The van der Waals surface area contributed by atoms with E-state index in [1.54, 1.807) is 0 Å². The third kappa shape index (κ3) is 5.89. The van der Waals surface area contributed by atoms with Crippen molar-refractivity contribution in [1.29, 1.82) is 0 Å². The Bertz CT molecular complexity index is 534. The average Bonchev–Trinajstić information content (AvgIpc) is 2.58. The molecule has 0 fully saturated rings. The van der Waals surface area contributed by atoms with Crippen LogP contribution in [0.5, 0.6) is 5.75 Å². The molecular formula is C20H34O3Sn. The molecule has 24 heavy (non-hydrogen) atoms. The molecule has 0 aliphatic heterocycles. The number of hydrogen-bond donors (Lipinski definition) is 0. The van der Waals surface area contributed by atoms with Crippen molar-refractivity contribution in [1.82, 2.24) is 0 Å². The SMILES string of the molecule is CCCC[C](CCCC)(CCCC)[Sn][c]1c(OC(C)C)c(=O)c1=O. The second kappa shape index (κ2) is 10.6. The fraction of sp³-hybridized carbons (Fsp3) is 0.800. The third-order valence-corrected chi connectivity index (χ3v) is 10.3. The Hall–Kier alpha value is -0.321. The van der Waals surface area contributed by atoms with Gasteiger partial charge in [-0.3, -0.25) is 0 Å². The molecule has 1 aromatic rings. The second-order valence-electron chi connectivity index (χ2n) is 7.24. The Morgan fingerprint density at radius 3 is 1.71 bits per heavy atom. The van der Waals surface area contributed by atoms with Gasteiger partial charge in [0.25, 0.3) is 0 Å². The summed E-state index contributed by atoms with van der Waals surface area (Å²) in [5, 5.41) is 0. The summed E-state index contributed by atoms with van der Waals surface area (Å²) in [7, 11) is 0. The van der Waals surface area contributed by atoms with Crippen molar-refractivity contribution >= 4 is 24.7 Å². The van der Waals surface area contributed by atoms with E-state index in [9.17, 15) is 9.59 Å². The van der Waals surface area contributed by atoms with Gasteiger partial charge in [-0.05, 0) is 0 Å². The third-order valence-electron chi connectivity index (χ3n) is 4.64. The summed E-state index contributed by atoms with van der Waals surface area (Å²) >= 11 is -1.16. The van der Waals surface area contributed by atoms with E-state index in [1.165, 1.54) is 57.8 Å². The van der Waals surface area contributed by atoms with Crippen molar-refractivity contribution < 1.29 is 4.74 Å². The molecule has 0 aliphatic rings. The predicted molar refractivity (Wildman–Crippen MR) is 104 cm³/mol. The van der Waals surface area contributed by atoms with Gasteiger partial charge in [-0.25, -0.2) is 0 Å². The Kier molecular flexibility index (Phi) is 9.61. The number of hydrogen-bond acceptors (Lipinski definition) is 3. The van der Waals surface area contributed by atoms with Crippen LogP contribution in [-0.4, -0.2) is 27.2 Å². The Labute approximate surface area is 157 Å². The van der Waals surface area contributed by atoms with Gasteiger partial charge in [0, 0.05) is 0 Å². The minimum atomic E-state index is -1.16. The molecule has 0 amide bonds. The summed E-state index contributed by atoms with van der Waals surface area (Å²) in [4.78, 5) is 24.1. The summed E-state index contributed by atoms with van der Waals surface area (Å²) in [6.07, 6.45) is 10.9. The van der Waals surface area contributed by atoms with Gasteiger partial charge in [-0.2, -0.15) is 0 Å². The van der Waals surface area contributed by atoms with Crippen LogP contribution < -0.4 is 19.2 Å². The van der Waals surface area contributed by atoms with Crippen molar-refractivity contribution in [3.05, 3.63) is 20.4 Å². The first-order valence-electron chi connectivity index (χ1n) is 9.68. The molecule has 2 radical (unpaired) electrons. The van der Waals surface area contributed by atoms with E-state index in [0.29, 0.717) is 9.18 Å². The summed E-state index contributed by atoms with van der Waals surface area (Å²) in [6.45, 7) is 10.6. The summed E-state index contributed by atoms with van der Waals surface area (Å²) in [5.41, 5.74) is -0.610. The molecular weight excluding hydrogens is 407 g/mol. The first-order valence-corrected chi connectivity index (χ1v) is 12.5. The zero-order chi connectivity index (χ0) is 18.2. The molecule has 0 aliphatic carbocycles. The molecule has 0 N–H and O–H groups in total. The van der Waals surface area contributed by atoms with Crippen LogP contribution in [0.4, 0.5) is 0 Å². The van der Waals surface area contributed by atoms with Gasteiger partial charge < -0.3 is 0 Å². The monoisotopic (exact) mass is 442 g/mol. The van der Waals surface area contributed by atoms with Gasteiger partial charge in [-0.1, -0.05) is 0 Å². The van der Waals surface area contributed by atoms with Crippen molar-refractivity contribution in [2.45, 2.75) is 102 Å². The van der Waals surface area contributed by atoms with E-state index >= 15 is 0 Å². The number of ether oxygens (including phenoxy) is 1. The molecule has 0 bridgehead atoms. The van der Waals surface area contributed by atoms with Gasteiger partial charge in [0.2, 0.25) is 0 Å². The molecule has 0 aromatic heterocycles. The standard InChI is InChI=1S/C13H27.C7H7O3.Sn/c1-4-7-10-13(11-8-5-2)12-9-6-3;1-4(2)10-6-3-5(8)7(6)9;/h4-12H2,1-3H3;4H,1-2H3;. The molecule has 0 saturated carbocycles. The van der Waals surface area contributed by atoms with Crippen molar-refractivity contribution in [3.8, 4) is 5.75 Å². The van der Waals surface area contributed by atoms with E-state index < -0.39 is 21.1 Å². The van der Waals surface area contributed by atoms with Crippen LogP contribution in [0.15, 0.2) is 9.59 Å². The van der Waals surface area contributed by atoms with Crippen LogP contribution in [0.1, 0.15) is 92.4 Å². The molecule has 0 atom stereocenters. The molecule has 1 rings (SSSR count). The molecule has 0 saturated heterocycles. The normalized spacial score (nSPS) is 12.2. The molecule has 4 heteroatoms. The Morgan fingerprint density at radius 1 is 0.875 bits per heavy atom. The van der Waals surface area contributed by atoms with Gasteiger partial charge in [-0.15, -0.1) is 0 Å². The quantitative estimate of drug-likeness (QED) is 0.342. The van der Waals surface area contributed by atoms with E-state index in [2.05, 4.69) is 20.8 Å². The summed E-state index contributed by atoms with van der Waals surface area (Å²) in [6, 6.07) is 0. The maximum atomic E-state index is 12.2. The average molecular weight is 441 g/mol. The zero-order valence-corrected chi connectivity index (χ0v) is 19.0. The van der Waals surface area contributed by atoms with Gasteiger partial charge in [0.1, 0.15) is 0 Å². The van der Waals surface area contributed by atoms with E-state index in [-0.39, 0.29) is 17.0 Å². The second-order valence-corrected chi connectivity index (χ2v) is 12.4. The zero-order valence-electron chi connectivity index (χ0n) is 16.2. The van der Waals surface area contributed by atoms with Gasteiger partial charge >= 0.3 is 158 Å². The first-order chi connectivity index (χ1) is 11.4. The van der Waals surface area contributed by atoms with Crippen LogP contribution in [-0.2, 0) is 0 Å². The molecule has 0 heterocycles. The number of rotatable bonds is 13. The minimum absolute atomic E-state index is 0.0391. The molecule has 136 valence electrons. The van der Waals surface area contributed by atoms with Crippen LogP contribution in [0.2, 0.25) is 3.43 Å². The molecule has 0 spiro atoms. The maximum absolute atomic E-state index is 12.2. The summed E-state index contributed by atoms with van der Waals surface area (Å²) < 4.78 is 6.85. The molecule has 0 unspecified atom stereocenters. The fourth-order valence-corrected chi connectivity index (χ4v) is 8.77. The van der Waals surface area contributed by atoms with Gasteiger partial charge in [0.05, 0.1) is 0 Å². The van der Waals surface area contributed by atoms with Crippen LogP contribution in [0, 0.1) is 0 Å². The molecule has 3 nitrogen and oxygen atoms in total. The summed E-state index contributed by atoms with van der Waals surface area (Å²) in [5.74, 6) is 0.426. The van der Waals surface area contributed by atoms with E-state index in [0.717, 1.165) is 3.58 Å². The molecule has 1 aromatic carbocycles. The van der Waals surface area contributed by atoms with E-state index in [1.807, 2.05) is 13.8 Å². The van der Waals surface area contributed by atoms with Crippen molar-refractivity contribution in [2.24, 2.45) is 0 Å². The first kappa shape index (κ1) is 21.7.